The Morgan fingerprint density at radius 1 is 1.57 bits per heavy atom. The number of anilines is 1. The van der Waals surface area contributed by atoms with Crippen molar-refractivity contribution in [2.24, 2.45) is 0 Å². The molecule has 5 heteroatoms. The minimum Gasteiger partial charge on any atom is -0.382 e. The van der Waals surface area contributed by atoms with Crippen LogP contribution >= 0.6 is 0 Å². The molecule has 4 nitrogen and oxygen atoms in total. The lowest BCUT2D eigenvalue weighted by Gasteiger charge is -2.04. The first-order chi connectivity index (χ1) is 6.65. The Kier molecular flexibility index (Phi) is 3.39. The predicted octanol–water partition coefficient (Wildman–Crippen LogP) is 2.56. The molecule has 0 bridgehead atoms. The van der Waals surface area contributed by atoms with Crippen molar-refractivity contribution in [3.8, 4) is 0 Å². The average molecular weight is 198 g/mol. The van der Waals surface area contributed by atoms with E-state index < -0.39 is 10.7 Å². The highest BCUT2D eigenvalue weighted by atomic mass is 19.1. The van der Waals surface area contributed by atoms with Gasteiger partial charge in [-0.1, -0.05) is 6.92 Å². The van der Waals surface area contributed by atoms with E-state index in [0.717, 1.165) is 18.6 Å². The van der Waals surface area contributed by atoms with Gasteiger partial charge in [0.2, 0.25) is 0 Å². The van der Waals surface area contributed by atoms with Crippen molar-refractivity contribution in [3.05, 3.63) is 34.1 Å². The van der Waals surface area contributed by atoms with Crippen LogP contribution in [0.2, 0.25) is 0 Å². The van der Waals surface area contributed by atoms with E-state index in [1.54, 1.807) is 0 Å². The fourth-order valence-electron chi connectivity index (χ4n) is 1.02. The van der Waals surface area contributed by atoms with Gasteiger partial charge in [-0.05, 0) is 12.5 Å². The van der Waals surface area contributed by atoms with Gasteiger partial charge in [-0.3, -0.25) is 10.1 Å². The SMILES string of the molecule is CCCNc1cc([N+](=O)[O-])ccc1F. The highest BCUT2D eigenvalue weighted by molar-refractivity contribution is 5.52. The monoisotopic (exact) mass is 198 g/mol. The van der Waals surface area contributed by atoms with Crippen molar-refractivity contribution >= 4 is 11.4 Å². The van der Waals surface area contributed by atoms with Gasteiger partial charge in [0.25, 0.3) is 5.69 Å². The molecular weight excluding hydrogens is 187 g/mol. The van der Waals surface area contributed by atoms with Gasteiger partial charge in [0.1, 0.15) is 5.82 Å². The molecule has 1 rings (SSSR count). The first-order valence-electron chi connectivity index (χ1n) is 4.33. The number of rotatable bonds is 4. The van der Waals surface area contributed by atoms with Gasteiger partial charge >= 0.3 is 0 Å². The van der Waals surface area contributed by atoms with Gasteiger partial charge in [0.15, 0.2) is 0 Å². The molecule has 0 saturated carbocycles. The maximum atomic E-state index is 13.1. The van der Waals surface area contributed by atoms with E-state index >= 15 is 0 Å². The Morgan fingerprint density at radius 3 is 2.86 bits per heavy atom. The molecule has 0 amide bonds. The van der Waals surface area contributed by atoms with Crippen molar-refractivity contribution in [2.75, 3.05) is 11.9 Å². The smallest absolute Gasteiger partial charge is 0.271 e. The molecule has 1 aromatic carbocycles. The molecule has 0 fully saturated rings. The van der Waals surface area contributed by atoms with E-state index in [-0.39, 0.29) is 11.4 Å². The lowest BCUT2D eigenvalue weighted by Crippen LogP contribution is -2.02. The number of nitro benzene ring substituents is 1. The van der Waals surface area contributed by atoms with Gasteiger partial charge in [-0.2, -0.15) is 0 Å². The minimum atomic E-state index is -0.545. The van der Waals surface area contributed by atoms with Crippen LogP contribution in [0.4, 0.5) is 15.8 Å². The van der Waals surface area contributed by atoms with Crippen molar-refractivity contribution < 1.29 is 9.31 Å². The van der Waals surface area contributed by atoms with Crippen LogP contribution in [0.15, 0.2) is 18.2 Å². The zero-order valence-corrected chi connectivity index (χ0v) is 7.79. The molecule has 1 aromatic rings. The summed E-state index contributed by atoms with van der Waals surface area (Å²) in [5.74, 6) is -0.468. The molecule has 0 aliphatic heterocycles. The summed E-state index contributed by atoms with van der Waals surface area (Å²) in [5.41, 5.74) is 0.0750. The number of hydrogen-bond acceptors (Lipinski definition) is 3. The van der Waals surface area contributed by atoms with Crippen LogP contribution in [0, 0.1) is 15.9 Å². The van der Waals surface area contributed by atoms with Crippen molar-refractivity contribution in [1.82, 2.24) is 0 Å². The maximum absolute atomic E-state index is 13.1. The molecule has 0 radical (unpaired) electrons. The number of nitrogens with one attached hydrogen (secondary N) is 1. The third kappa shape index (κ3) is 2.42. The molecule has 14 heavy (non-hydrogen) atoms. The number of benzene rings is 1. The van der Waals surface area contributed by atoms with Crippen LogP contribution in [-0.2, 0) is 0 Å². The summed E-state index contributed by atoms with van der Waals surface area (Å²) in [5, 5.41) is 13.2. The summed E-state index contributed by atoms with van der Waals surface area (Å²) in [6.07, 6.45) is 0.835. The first-order valence-corrected chi connectivity index (χ1v) is 4.33. The van der Waals surface area contributed by atoms with Crippen molar-refractivity contribution in [1.29, 1.82) is 0 Å². The van der Waals surface area contributed by atoms with Crippen LogP contribution in [0.3, 0.4) is 0 Å². The summed E-state index contributed by atoms with van der Waals surface area (Å²) in [4.78, 5) is 9.85. The zero-order chi connectivity index (χ0) is 10.6. The van der Waals surface area contributed by atoms with E-state index in [0.29, 0.717) is 6.54 Å². The molecule has 0 unspecified atom stereocenters. The molecule has 0 aliphatic carbocycles. The Morgan fingerprint density at radius 2 is 2.29 bits per heavy atom. The Hall–Kier alpha value is -1.65. The number of hydrogen-bond donors (Lipinski definition) is 1. The van der Waals surface area contributed by atoms with E-state index in [1.807, 2.05) is 6.92 Å². The summed E-state index contributed by atoms with van der Waals surface area (Å²) in [7, 11) is 0. The van der Waals surface area contributed by atoms with Gasteiger partial charge < -0.3 is 5.32 Å². The van der Waals surface area contributed by atoms with Crippen LogP contribution in [0.5, 0.6) is 0 Å². The third-order valence-electron chi connectivity index (χ3n) is 1.73. The largest absolute Gasteiger partial charge is 0.382 e. The van der Waals surface area contributed by atoms with E-state index in [2.05, 4.69) is 5.32 Å². The molecular formula is C9H11FN2O2. The number of nitro groups is 1. The maximum Gasteiger partial charge on any atom is 0.271 e. The van der Waals surface area contributed by atoms with Crippen LogP contribution in [-0.4, -0.2) is 11.5 Å². The molecule has 0 atom stereocenters. The van der Waals surface area contributed by atoms with Crippen LogP contribution < -0.4 is 5.32 Å². The zero-order valence-electron chi connectivity index (χ0n) is 7.79. The predicted molar refractivity (Wildman–Crippen MR) is 51.8 cm³/mol. The number of halogens is 1. The van der Waals surface area contributed by atoms with Gasteiger partial charge in [-0.15, -0.1) is 0 Å². The average Bonchev–Trinajstić information content (AvgIpc) is 2.16. The highest BCUT2D eigenvalue weighted by Gasteiger charge is 2.09. The molecule has 76 valence electrons. The second-order valence-corrected chi connectivity index (χ2v) is 2.85. The second kappa shape index (κ2) is 4.55. The molecule has 0 heterocycles. The lowest BCUT2D eigenvalue weighted by atomic mass is 10.2. The van der Waals surface area contributed by atoms with Gasteiger partial charge in [-0.25, -0.2) is 4.39 Å². The van der Waals surface area contributed by atoms with E-state index in [1.165, 1.54) is 6.07 Å². The molecule has 0 saturated heterocycles. The molecule has 0 aromatic heterocycles. The Bertz CT molecular complexity index is 342. The highest BCUT2D eigenvalue weighted by Crippen LogP contribution is 2.20. The van der Waals surface area contributed by atoms with Gasteiger partial charge in [0.05, 0.1) is 10.6 Å². The van der Waals surface area contributed by atoms with Crippen LogP contribution in [0.1, 0.15) is 13.3 Å². The fraction of sp³-hybridized carbons (Fsp3) is 0.333. The Balaban J connectivity index is 2.90. The van der Waals surface area contributed by atoms with Crippen LogP contribution in [0.25, 0.3) is 0 Å². The number of nitrogens with zero attached hydrogens (tertiary/aromatic N) is 1. The standard InChI is InChI=1S/C9H11FN2O2/c1-2-5-11-9-6-7(12(13)14)3-4-8(9)10/h3-4,6,11H,2,5H2,1H3. The molecule has 0 spiro atoms. The summed E-state index contributed by atoms with van der Waals surface area (Å²) >= 11 is 0. The number of non-ortho nitro benzene ring substituents is 1. The minimum absolute atomic E-state index is 0.106. The summed E-state index contributed by atoms with van der Waals surface area (Å²) in [6.45, 7) is 2.53. The second-order valence-electron chi connectivity index (χ2n) is 2.85. The summed E-state index contributed by atoms with van der Waals surface area (Å²) in [6, 6.07) is 3.44. The van der Waals surface area contributed by atoms with Gasteiger partial charge in [0, 0.05) is 18.7 Å². The fourth-order valence-corrected chi connectivity index (χ4v) is 1.02. The summed E-state index contributed by atoms with van der Waals surface area (Å²) < 4.78 is 13.1. The normalized spacial score (nSPS) is 9.86. The van der Waals surface area contributed by atoms with E-state index in [9.17, 15) is 14.5 Å². The van der Waals surface area contributed by atoms with Crippen molar-refractivity contribution in [3.63, 3.8) is 0 Å². The topological polar surface area (TPSA) is 55.2 Å². The van der Waals surface area contributed by atoms with Crippen molar-refractivity contribution in [2.45, 2.75) is 13.3 Å². The Labute approximate surface area is 80.9 Å². The quantitative estimate of drug-likeness (QED) is 0.597. The third-order valence-corrected chi connectivity index (χ3v) is 1.73. The molecule has 1 N–H and O–H groups in total. The molecule has 0 aliphatic rings. The van der Waals surface area contributed by atoms with E-state index in [4.69, 9.17) is 0 Å². The lowest BCUT2D eigenvalue weighted by molar-refractivity contribution is -0.384. The first kappa shape index (κ1) is 10.4.